The molecule has 5 nitrogen and oxygen atoms in total. The highest BCUT2D eigenvalue weighted by atomic mass is 15.2. The Morgan fingerprint density at radius 1 is 1.32 bits per heavy atom. The summed E-state index contributed by atoms with van der Waals surface area (Å²) in [6.45, 7) is 6.09. The zero-order valence-corrected chi connectivity index (χ0v) is 11.7. The minimum atomic E-state index is 0.585. The highest BCUT2D eigenvalue weighted by Gasteiger charge is 2.30. The molecule has 0 aromatic heterocycles. The Morgan fingerprint density at radius 2 is 2.16 bits per heavy atom. The van der Waals surface area contributed by atoms with Crippen molar-refractivity contribution in [1.29, 1.82) is 0 Å². The fourth-order valence-corrected chi connectivity index (χ4v) is 2.27. The standard InChI is InChI=1S/C14H21N5/c1-3-5-8-19-9-16-13(15-4-2)11-14(19)18-12(17-11)10-6-7-10/h9-10,15H,3-8H2,1-2H3. The van der Waals surface area contributed by atoms with Gasteiger partial charge in [0.05, 0.1) is 6.33 Å². The van der Waals surface area contributed by atoms with Crippen molar-refractivity contribution in [3.05, 3.63) is 12.2 Å². The molecule has 19 heavy (non-hydrogen) atoms. The van der Waals surface area contributed by atoms with E-state index < -0.39 is 0 Å². The lowest BCUT2D eigenvalue weighted by atomic mass is 10.3. The predicted octanol–water partition coefficient (Wildman–Crippen LogP) is 2.89. The van der Waals surface area contributed by atoms with Crippen LogP contribution in [0.15, 0.2) is 6.33 Å². The smallest absolute Gasteiger partial charge is 0.165 e. The summed E-state index contributed by atoms with van der Waals surface area (Å²) < 4.78 is 2.14. The Bertz CT molecular complexity index is 529. The summed E-state index contributed by atoms with van der Waals surface area (Å²) in [5.41, 5.74) is 0.933. The molecule has 0 aromatic carbocycles. The maximum atomic E-state index is 4.74. The van der Waals surface area contributed by atoms with E-state index in [0.717, 1.165) is 42.7 Å². The summed E-state index contributed by atoms with van der Waals surface area (Å²) in [4.78, 5) is 13.9. The number of fused-ring (bicyclic) bond motifs is 1. The lowest BCUT2D eigenvalue weighted by Gasteiger charge is -2.12. The molecular formula is C14H21N5. The van der Waals surface area contributed by atoms with Gasteiger partial charge in [0, 0.05) is 19.0 Å². The molecule has 2 heterocycles. The maximum Gasteiger partial charge on any atom is 0.165 e. The molecule has 0 radical (unpaired) electrons. The third-order valence-electron chi connectivity index (χ3n) is 3.52. The lowest BCUT2D eigenvalue weighted by Crippen LogP contribution is -2.10. The molecule has 0 saturated heterocycles. The van der Waals surface area contributed by atoms with Crippen molar-refractivity contribution in [2.24, 2.45) is 0 Å². The van der Waals surface area contributed by atoms with Gasteiger partial charge in [-0.3, -0.25) is 0 Å². The number of aryl methyl sites for hydroxylation is 1. The molecule has 1 aliphatic carbocycles. The monoisotopic (exact) mass is 259 g/mol. The molecular weight excluding hydrogens is 238 g/mol. The van der Waals surface area contributed by atoms with E-state index in [9.17, 15) is 0 Å². The van der Waals surface area contributed by atoms with Gasteiger partial charge in [0.2, 0.25) is 0 Å². The van der Waals surface area contributed by atoms with Crippen LogP contribution in [0.1, 0.15) is 51.3 Å². The van der Waals surface area contributed by atoms with Crippen molar-refractivity contribution in [3.8, 4) is 11.5 Å². The molecule has 5 heteroatoms. The quantitative estimate of drug-likeness (QED) is 0.866. The van der Waals surface area contributed by atoms with E-state index in [-0.39, 0.29) is 0 Å². The summed E-state index contributed by atoms with van der Waals surface area (Å²) in [5.74, 6) is 3.44. The van der Waals surface area contributed by atoms with Gasteiger partial charge in [-0.15, -0.1) is 0 Å². The maximum absolute atomic E-state index is 4.74. The van der Waals surface area contributed by atoms with Crippen LogP contribution in [-0.2, 0) is 6.54 Å². The molecule has 0 bridgehead atoms. The summed E-state index contributed by atoms with van der Waals surface area (Å²) in [7, 11) is 0. The Morgan fingerprint density at radius 3 is 2.84 bits per heavy atom. The first kappa shape index (κ1) is 12.4. The van der Waals surface area contributed by atoms with Crippen molar-refractivity contribution in [2.45, 2.75) is 52.0 Å². The van der Waals surface area contributed by atoms with Crippen LogP contribution in [0.5, 0.6) is 0 Å². The van der Waals surface area contributed by atoms with E-state index in [4.69, 9.17) is 9.97 Å². The van der Waals surface area contributed by atoms with Crippen LogP contribution in [0, 0.1) is 0 Å². The van der Waals surface area contributed by atoms with E-state index in [1.165, 1.54) is 19.3 Å². The van der Waals surface area contributed by atoms with Crippen LogP contribution in [0.3, 0.4) is 0 Å². The number of anilines is 1. The Balaban J connectivity index is 2.00. The molecule has 3 rings (SSSR count). The number of aromatic nitrogens is 4. The number of hydrogen-bond acceptors (Lipinski definition) is 4. The van der Waals surface area contributed by atoms with Gasteiger partial charge in [0.25, 0.3) is 0 Å². The van der Waals surface area contributed by atoms with Crippen molar-refractivity contribution in [3.63, 3.8) is 0 Å². The zero-order chi connectivity index (χ0) is 13.2. The number of nitrogens with zero attached hydrogens (tertiary/aromatic N) is 4. The SMILES string of the molecule is CCCCn1cnc(NCC)c2nc(C3CC3)nc1-2. The minimum absolute atomic E-state index is 0.585. The molecule has 2 aliphatic heterocycles. The predicted molar refractivity (Wildman–Crippen MR) is 75.5 cm³/mol. The number of rotatable bonds is 6. The third-order valence-corrected chi connectivity index (χ3v) is 3.52. The van der Waals surface area contributed by atoms with Crippen LogP contribution >= 0.6 is 0 Å². The van der Waals surface area contributed by atoms with Gasteiger partial charge in [-0.05, 0) is 26.2 Å². The van der Waals surface area contributed by atoms with E-state index in [2.05, 4.69) is 28.7 Å². The Kier molecular flexibility index (Phi) is 3.36. The van der Waals surface area contributed by atoms with Gasteiger partial charge in [0.1, 0.15) is 5.82 Å². The van der Waals surface area contributed by atoms with Crippen LogP contribution in [0.2, 0.25) is 0 Å². The normalized spacial score (nSPS) is 15.1. The van der Waals surface area contributed by atoms with Crippen molar-refractivity contribution in [1.82, 2.24) is 19.5 Å². The molecule has 0 atom stereocenters. The molecule has 1 N–H and O–H groups in total. The van der Waals surface area contributed by atoms with Crippen LogP contribution in [-0.4, -0.2) is 26.1 Å². The number of unbranched alkanes of at least 4 members (excludes halogenated alkanes) is 1. The first-order chi connectivity index (χ1) is 9.33. The van der Waals surface area contributed by atoms with Crippen LogP contribution in [0.4, 0.5) is 5.82 Å². The summed E-state index contributed by atoms with van der Waals surface area (Å²) in [5, 5.41) is 3.28. The van der Waals surface area contributed by atoms with Gasteiger partial charge in [0.15, 0.2) is 17.3 Å². The topological polar surface area (TPSA) is 55.6 Å². The molecule has 0 spiro atoms. The van der Waals surface area contributed by atoms with Crippen LogP contribution in [0.25, 0.3) is 11.5 Å². The largest absolute Gasteiger partial charge is 0.368 e. The van der Waals surface area contributed by atoms with Crippen LogP contribution < -0.4 is 5.32 Å². The van der Waals surface area contributed by atoms with Crippen molar-refractivity contribution in [2.75, 3.05) is 11.9 Å². The zero-order valence-electron chi connectivity index (χ0n) is 11.7. The van der Waals surface area contributed by atoms with Gasteiger partial charge in [-0.25, -0.2) is 15.0 Å². The highest BCUT2D eigenvalue weighted by Crippen LogP contribution is 2.40. The Labute approximate surface area is 113 Å². The van der Waals surface area contributed by atoms with Gasteiger partial charge >= 0.3 is 0 Å². The summed E-state index contributed by atoms with van der Waals surface area (Å²) >= 11 is 0. The van der Waals surface area contributed by atoms with E-state index in [1.54, 1.807) is 0 Å². The van der Waals surface area contributed by atoms with Gasteiger partial charge in [-0.1, -0.05) is 13.3 Å². The first-order valence-electron chi connectivity index (χ1n) is 7.30. The van der Waals surface area contributed by atoms with E-state index >= 15 is 0 Å². The molecule has 0 aromatic rings. The summed E-state index contributed by atoms with van der Waals surface area (Å²) in [6.07, 6.45) is 6.67. The second kappa shape index (κ2) is 5.15. The molecule has 0 amide bonds. The number of hydrogen-bond donors (Lipinski definition) is 1. The fourth-order valence-electron chi connectivity index (χ4n) is 2.27. The molecule has 3 aliphatic rings. The van der Waals surface area contributed by atoms with E-state index in [0.29, 0.717) is 5.92 Å². The van der Waals surface area contributed by atoms with E-state index in [1.807, 2.05) is 6.33 Å². The Hall–Kier alpha value is -1.65. The lowest BCUT2D eigenvalue weighted by molar-refractivity contribution is 0.618. The first-order valence-corrected chi connectivity index (χ1v) is 7.30. The molecule has 0 unspecified atom stereocenters. The second-order valence-electron chi connectivity index (χ2n) is 5.20. The summed E-state index contributed by atoms with van der Waals surface area (Å²) in [6, 6.07) is 0. The molecule has 102 valence electrons. The van der Waals surface area contributed by atoms with Crippen molar-refractivity contribution >= 4 is 5.82 Å². The third kappa shape index (κ3) is 2.41. The number of nitrogens with one attached hydrogen (secondary N) is 1. The fraction of sp³-hybridized carbons (Fsp3) is 0.643. The van der Waals surface area contributed by atoms with Gasteiger partial charge in [-0.2, -0.15) is 0 Å². The highest BCUT2D eigenvalue weighted by molar-refractivity contribution is 5.67. The average molecular weight is 259 g/mol. The average Bonchev–Trinajstić information content (AvgIpc) is 3.17. The molecule has 1 saturated carbocycles. The minimum Gasteiger partial charge on any atom is -0.368 e. The number of imidazole rings is 1. The van der Waals surface area contributed by atoms with Crippen molar-refractivity contribution < 1.29 is 0 Å². The second-order valence-corrected chi connectivity index (χ2v) is 5.20. The molecule has 1 fully saturated rings. The van der Waals surface area contributed by atoms with Gasteiger partial charge < -0.3 is 9.88 Å².